The first-order valence-corrected chi connectivity index (χ1v) is 8.28. The van der Waals surface area contributed by atoms with Crippen LogP contribution < -0.4 is 10.6 Å². The van der Waals surface area contributed by atoms with Crippen molar-refractivity contribution in [2.24, 2.45) is 11.8 Å². The Bertz CT molecular complexity index is 562. The van der Waals surface area contributed by atoms with E-state index in [9.17, 15) is 4.79 Å². The molecule has 1 saturated carbocycles. The minimum absolute atomic E-state index is 0.105. The van der Waals surface area contributed by atoms with Crippen LogP contribution in [0.4, 0.5) is 0 Å². The van der Waals surface area contributed by atoms with Gasteiger partial charge in [-0.1, -0.05) is 24.3 Å². The molecule has 112 valence electrons. The van der Waals surface area contributed by atoms with Gasteiger partial charge in [-0.15, -0.1) is 0 Å². The summed E-state index contributed by atoms with van der Waals surface area (Å²) in [5.41, 5.74) is 2.99. The Morgan fingerprint density at radius 2 is 2.29 bits per heavy atom. The Morgan fingerprint density at radius 3 is 3.10 bits per heavy atom. The maximum Gasteiger partial charge on any atom is 0.224 e. The highest BCUT2D eigenvalue weighted by molar-refractivity contribution is 5.84. The molecule has 4 rings (SSSR count). The standard InChI is InChI=1S/C18H24N2O/c1-18(9-4-10-20-18)11-19-17(21)16-14-8-7-12-5-2-3-6-13(12)15(14)16/h2-3,5-6,14-16,20H,4,7-11H2,1H3,(H,19,21). The number of carbonyl (C=O) groups is 1. The molecule has 1 heterocycles. The molecule has 4 atom stereocenters. The molecule has 0 aromatic heterocycles. The van der Waals surface area contributed by atoms with E-state index >= 15 is 0 Å². The van der Waals surface area contributed by atoms with E-state index in [0.29, 0.717) is 11.8 Å². The summed E-state index contributed by atoms with van der Waals surface area (Å²) in [6.07, 6.45) is 4.69. The van der Waals surface area contributed by atoms with E-state index in [1.54, 1.807) is 0 Å². The summed E-state index contributed by atoms with van der Waals surface area (Å²) in [5, 5.41) is 6.72. The van der Waals surface area contributed by atoms with E-state index in [1.807, 2.05) is 0 Å². The van der Waals surface area contributed by atoms with Gasteiger partial charge in [0.25, 0.3) is 0 Å². The molecule has 0 spiro atoms. The van der Waals surface area contributed by atoms with Gasteiger partial charge in [0, 0.05) is 18.0 Å². The molecule has 0 bridgehead atoms. The monoisotopic (exact) mass is 284 g/mol. The summed E-state index contributed by atoms with van der Waals surface area (Å²) >= 11 is 0. The molecule has 4 unspecified atom stereocenters. The van der Waals surface area contributed by atoms with Crippen molar-refractivity contribution in [2.75, 3.05) is 13.1 Å². The quantitative estimate of drug-likeness (QED) is 0.893. The minimum atomic E-state index is 0.105. The summed E-state index contributed by atoms with van der Waals surface area (Å²) in [6, 6.07) is 8.67. The van der Waals surface area contributed by atoms with Gasteiger partial charge in [-0.25, -0.2) is 0 Å². The topological polar surface area (TPSA) is 41.1 Å². The summed E-state index contributed by atoms with van der Waals surface area (Å²) in [5.74, 6) is 1.57. The van der Waals surface area contributed by atoms with Gasteiger partial charge < -0.3 is 10.6 Å². The summed E-state index contributed by atoms with van der Waals surface area (Å²) in [4.78, 5) is 12.5. The number of aryl methyl sites for hydroxylation is 1. The van der Waals surface area contributed by atoms with Gasteiger partial charge in [0.2, 0.25) is 5.91 Å². The fourth-order valence-electron chi connectivity index (χ4n) is 4.43. The van der Waals surface area contributed by atoms with Gasteiger partial charge >= 0.3 is 0 Å². The lowest BCUT2D eigenvalue weighted by atomic mass is 9.92. The van der Waals surface area contributed by atoms with E-state index in [2.05, 4.69) is 41.8 Å². The van der Waals surface area contributed by atoms with Crippen LogP contribution in [-0.2, 0) is 11.2 Å². The normalized spacial score (nSPS) is 36.7. The average Bonchev–Trinajstić information content (AvgIpc) is 3.11. The number of benzene rings is 1. The van der Waals surface area contributed by atoms with E-state index in [4.69, 9.17) is 0 Å². The predicted octanol–water partition coefficient (Wildman–Crippen LogP) is 2.22. The van der Waals surface area contributed by atoms with E-state index in [-0.39, 0.29) is 17.4 Å². The molecule has 21 heavy (non-hydrogen) atoms. The third-order valence-electron chi connectivity index (χ3n) is 5.74. The molecule has 2 aliphatic carbocycles. The molecule has 1 aliphatic heterocycles. The zero-order valence-corrected chi connectivity index (χ0v) is 12.7. The maximum absolute atomic E-state index is 12.5. The van der Waals surface area contributed by atoms with Crippen molar-refractivity contribution in [3.05, 3.63) is 35.4 Å². The van der Waals surface area contributed by atoms with Gasteiger partial charge in [0.1, 0.15) is 0 Å². The van der Waals surface area contributed by atoms with Gasteiger partial charge in [-0.3, -0.25) is 4.79 Å². The second-order valence-corrected chi connectivity index (χ2v) is 7.26. The van der Waals surface area contributed by atoms with Gasteiger partial charge in [0.15, 0.2) is 0 Å². The lowest BCUT2D eigenvalue weighted by Crippen LogP contribution is -2.47. The fraction of sp³-hybridized carbons (Fsp3) is 0.611. The predicted molar refractivity (Wildman–Crippen MR) is 83.1 cm³/mol. The molecule has 3 heteroatoms. The van der Waals surface area contributed by atoms with Crippen molar-refractivity contribution in [1.29, 1.82) is 0 Å². The molecule has 3 aliphatic rings. The number of rotatable bonds is 3. The second kappa shape index (κ2) is 4.84. The highest BCUT2D eigenvalue weighted by Crippen LogP contribution is 2.59. The molecule has 3 nitrogen and oxygen atoms in total. The Balaban J connectivity index is 1.41. The van der Waals surface area contributed by atoms with Crippen molar-refractivity contribution in [2.45, 2.75) is 44.1 Å². The molecule has 0 radical (unpaired) electrons. The molecule has 2 N–H and O–H groups in total. The molecule has 1 saturated heterocycles. The molecular weight excluding hydrogens is 260 g/mol. The molecule has 1 aromatic carbocycles. The zero-order chi connectivity index (χ0) is 14.4. The van der Waals surface area contributed by atoms with Crippen LogP contribution in [0.2, 0.25) is 0 Å². The van der Waals surface area contributed by atoms with Crippen molar-refractivity contribution in [3.63, 3.8) is 0 Å². The largest absolute Gasteiger partial charge is 0.354 e. The third-order valence-corrected chi connectivity index (χ3v) is 5.74. The highest BCUT2D eigenvalue weighted by atomic mass is 16.2. The number of hydrogen-bond donors (Lipinski definition) is 2. The zero-order valence-electron chi connectivity index (χ0n) is 12.7. The molecule has 2 fully saturated rings. The van der Waals surface area contributed by atoms with Crippen LogP contribution in [-0.4, -0.2) is 24.5 Å². The molecular formula is C18H24N2O. The fourth-order valence-corrected chi connectivity index (χ4v) is 4.43. The van der Waals surface area contributed by atoms with Gasteiger partial charge in [-0.2, -0.15) is 0 Å². The Kier molecular flexibility index (Phi) is 3.07. The van der Waals surface area contributed by atoms with Crippen LogP contribution in [0, 0.1) is 11.8 Å². The molecule has 1 aromatic rings. The van der Waals surface area contributed by atoms with Crippen LogP contribution in [0.15, 0.2) is 24.3 Å². The van der Waals surface area contributed by atoms with Gasteiger partial charge in [0.05, 0.1) is 0 Å². The lowest BCUT2D eigenvalue weighted by Gasteiger charge is -2.24. The van der Waals surface area contributed by atoms with E-state index in [0.717, 1.165) is 25.9 Å². The van der Waals surface area contributed by atoms with Crippen molar-refractivity contribution in [3.8, 4) is 0 Å². The van der Waals surface area contributed by atoms with Crippen LogP contribution >= 0.6 is 0 Å². The summed E-state index contributed by atoms with van der Waals surface area (Å²) < 4.78 is 0. The smallest absolute Gasteiger partial charge is 0.224 e. The average molecular weight is 284 g/mol. The first kappa shape index (κ1) is 13.3. The highest BCUT2D eigenvalue weighted by Gasteiger charge is 2.57. The van der Waals surface area contributed by atoms with E-state index < -0.39 is 0 Å². The minimum Gasteiger partial charge on any atom is -0.354 e. The Labute approximate surface area is 126 Å². The Morgan fingerprint density at radius 1 is 1.43 bits per heavy atom. The second-order valence-electron chi connectivity index (χ2n) is 7.26. The first-order valence-electron chi connectivity index (χ1n) is 8.28. The Hall–Kier alpha value is -1.35. The van der Waals surface area contributed by atoms with Crippen molar-refractivity contribution >= 4 is 5.91 Å². The number of nitrogens with one attached hydrogen (secondary N) is 2. The van der Waals surface area contributed by atoms with Gasteiger partial charge in [-0.05, 0) is 62.1 Å². The first-order chi connectivity index (χ1) is 10.2. The molecule has 1 amide bonds. The maximum atomic E-state index is 12.5. The summed E-state index contributed by atoms with van der Waals surface area (Å²) in [7, 11) is 0. The van der Waals surface area contributed by atoms with Crippen LogP contribution in [0.3, 0.4) is 0 Å². The lowest BCUT2D eigenvalue weighted by molar-refractivity contribution is -0.123. The summed E-state index contributed by atoms with van der Waals surface area (Å²) in [6.45, 7) is 4.06. The number of carbonyl (C=O) groups excluding carboxylic acids is 1. The third kappa shape index (κ3) is 2.28. The van der Waals surface area contributed by atoms with E-state index in [1.165, 1.54) is 24.0 Å². The number of amides is 1. The van der Waals surface area contributed by atoms with Crippen LogP contribution in [0.5, 0.6) is 0 Å². The SMILES string of the molecule is CC1(CNC(=O)C2C3CCc4ccccc4C32)CCCN1. The number of hydrogen-bond acceptors (Lipinski definition) is 2. The van der Waals surface area contributed by atoms with Crippen molar-refractivity contribution < 1.29 is 4.79 Å². The van der Waals surface area contributed by atoms with Crippen LogP contribution in [0.1, 0.15) is 43.2 Å². The van der Waals surface area contributed by atoms with Crippen LogP contribution in [0.25, 0.3) is 0 Å². The number of fused-ring (bicyclic) bond motifs is 3. The van der Waals surface area contributed by atoms with Crippen molar-refractivity contribution in [1.82, 2.24) is 10.6 Å².